The summed E-state index contributed by atoms with van der Waals surface area (Å²) in [6, 6.07) is 0. The summed E-state index contributed by atoms with van der Waals surface area (Å²) in [6.07, 6.45) is 4.37. The van der Waals surface area contributed by atoms with Crippen molar-refractivity contribution in [3.63, 3.8) is 0 Å². The molecule has 4 atom stereocenters. The van der Waals surface area contributed by atoms with Crippen LogP contribution >= 0.6 is 0 Å². The maximum atomic E-state index is 2.52. The summed E-state index contributed by atoms with van der Waals surface area (Å²) in [7, 11) is 0. The van der Waals surface area contributed by atoms with Gasteiger partial charge in [0.1, 0.15) is 0 Å². The van der Waals surface area contributed by atoms with Gasteiger partial charge in [0, 0.05) is 0 Å². The maximum Gasteiger partial charge on any atom is -0.0278 e. The van der Waals surface area contributed by atoms with Gasteiger partial charge in [0.15, 0.2) is 0 Å². The predicted octanol–water partition coefficient (Wildman–Crippen LogP) is 4.74. The number of fused-ring (bicyclic) bond motifs is 1. The minimum Gasteiger partial charge on any atom is -0.0622 e. The summed E-state index contributed by atoms with van der Waals surface area (Å²) in [4.78, 5) is 0. The minimum absolute atomic E-state index is 0.558. The van der Waals surface area contributed by atoms with Gasteiger partial charge in [0.2, 0.25) is 0 Å². The van der Waals surface area contributed by atoms with Gasteiger partial charge in [-0.05, 0) is 53.8 Å². The molecule has 15 heavy (non-hydrogen) atoms. The van der Waals surface area contributed by atoms with Crippen molar-refractivity contribution in [1.82, 2.24) is 0 Å². The quantitative estimate of drug-likeness (QED) is 0.539. The van der Waals surface area contributed by atoms with Crippen molar-refractivity contribution in [1.29, 1.82) is 0 Å². The highest BCUT2D eigenvalue weighted by Gasteiger charge is 2.55. The third kappa shape index (κ3) is 1.56. The van der Waals surface area contributed by atoms with Crippen LogP contribution in [0.4, 0.5) is 0 Å². The molecule has 88 valence electrons. The highest BCUT2D eigenvalue weighted by atomic mass is 14.6. The van der Waals surface area contributed by atoms with E-state index in [2.05, 4.69) is 41.5 Å². The van der Waals surface area contributed by atoms with Gasteiger partial charge < -0.3 is 0 Å². The normalized spacial score (nSPS) is 47.6. The summed E-state index contributed by atoms with van der Waals surface area (Å²) < 4.78 is 0. The topological polar surface area (TPSA) is 0 Å². The van der Waals surface area contributed by atoms with Crippen molar-refractivity contribution in [2.24, 2.45) is 34.5 Å². The molecule has 0 saturated heterocycles. The summed E-state index contributed by atoms with van der Waals surface area (Å²) in [5, 5.41) is 0. The Morgan fingerprint density at radius 3 is 2.13 bits per heavy atom. The third-order valence-electron chi connectivity index (χ3n) is 5.94. The van der Waals surface area contributed by atoms with Gasteiger partial charge in [-0.15, -0.1) is 0 Å². The van der Waals surface area contributed by atoms with Gasteiger partial charge in [-0.25, -0.2) is 0 Å². The average molecular weight is 208 g/mol. The van der Waals surface area contributed by atoms with E-state index in [4.69, 9.17) is 0 Å². The van der Waals surface area contributed by atoms with Gasteiger partial charge in [0.25, 0.3) is 0 Å². The van der Waals surface area contributed by atoms with Crippen LogP contribution in [-0.4, -0.2) is 0 Å². The van der Waals surface area contributed by atoms with Crippen LogP contribution in [0.2, 0.25) is 0 Å². The number of rotatable bonds is 0. The summed E-state index contributed by atoms with van der Waals surface area (Å²) in [6.45, 7) is 15.0. The summed E-state index contributed by atoms with van der Waals surface area (Å²) in [5.74, 6) is 3.82. The molecular weight excluding hydrogens is 180 g/mol. The van der Waals surface area contributed by atoms with E-state index >= 15 is 0 Å². The molecule has 0 spiro atoms. The molecule has 0 heteroatoms. The van der Waals surface area contributed by atoms with Gasteiger partial charge in [-0.3, -0.25) is 0 Å². The van der Waals surface area contributed by atoms with E-state index in [1.165, 1.54) is 19.3 Å². The molecule has 0 aliphatic heterocycles. The fraction of sp³-hybridized carbons (Fsp3) is 1.00. The van der Waals surface area contributed by atoms with E-state index in [9.17, 15) is 0 Å². The Labute approximate surface area is 95.8 Å². The Morgan fingerprint density at radius 1 is 1.00 bits per heavy atom. The van der Waals surface area contributed by atoms with E-state index in [1.54, 1.807) is 0 Å². The van der Waals surface area contributed by atoms with Crippen molar-refractivity contribution in [3.8, 4) is 0 Å². The first-order chi connectivity index (χ1) is 6.77. The van der Waals surface area contributed by atoms with Gasteiger partial charge >= 0.3 is 0 Å². The Hall–Kier alpha value is 0. The molecule has 0 nitrogen and oxygen atoms in total. The molecule has 2 aliphatic rings. The largest absolute Gasteiger partial charge is 0.0622 e. The van der Waals surface area contributed by atoms with Crippen molar-refractivity contribution < 1.29 is 0 Å². The maximum absolute atomic E-state index is 2.52. The molecule has 4 unspecified atom stereocenters. The van der Waals surface area contributed by atoms with Gasteiger partial charge in [-0.2, -0.15) is 0 Å². The standard InChI is InChI=1S/C15H28/c1-10-7-8-14(3,4)13-12(10)9-11(2)15(13,5)6/h10-13H,7-9H2,1-6H3. The van der Waals surface area contributed by atoms with Gasteiger partial charge in [-0.1, -0.05) is 41.5 Å². The highest BCUT2D eigenvalue weighted by molar-refractivity contribution is 5.04. The lowest BCUT2D eigenvalue weighted by molar-refractivity contribution is -0.00780. The summed E-state index contributed by atoms with van der Waals surface area (Å²) in [5.41, 5.74) is 1.13. The van der Waals surface area contributed by atoms with Crippen LogP contribution in [0.25, 0.3) is 0 Å². The first-order valence-corrected chi connectivity index (χ1v) is 6.77. The molecule has 0 bridgehead atoms. The van der Waals surface area contributed by atoms with Crippen LogP contribution in [0.5, 0.6) is 0 Å². The van der Waals surface area contributed by atoms with Crippen LogP contribution in [-0.2, 0) is 0 Å². The smallest absolute Gasteiger partial charge is 0.0278 e. The molecule has 0 aromatic rings. The molecule has 0 aromatic heterocycles. The zero-order valence-electron chi connectivity index (χ0n) is 11.4. The molecule has 0 radical (unpaired) electrons. The van der Waals surface area contributed by atoms with Crippen molar-refractivity contribution in [3.05, 3.63) is 0 Å². The van der Waals surface area contributed by atoms with E-state index in [0.717, 1.165) is 23.7 Å². The Balaban J connectivity index is 2.35. The number of hydrogen-bond acceptors (Lipinski definition) is 0. The second-order valence-electron chi connectivity index (χ2n) is 7.60. The van der Waals surface area contributed by atoms with Gasteiger partial charge in [0.05, 0.1) is 0 Å². The van der Waals surface area contributed by atoms with Crippen LogP contribution in [0, 0.1) is 34.5 Å². The van der Waals surface area contributed by atoms with Crippen molar-refractivity contribution in [2.45, 2.75) is 60.8 Å². The first-order valence-electron chi connectivity index (χ1n) is 6.77. The third-order valence-corrected chi connectivity index (χ3v) is 5.94. The van der Waals surface area contributed by atoms with Crippen molar-refractivity contribution >= 4 is 0 Å². The molecule has 0 N–H and O–H groups in total. The van der Waals surface area contributed by atoms with E-state index in [1.807, 2.05) is 0 Å². The van der Waals surface area contributed by atoms with Crippen LogP contribution < -0.4 is 0 Å². The fourth-order valence-electron chi connectivity index (χ4n) is 4.82. The SMILES string of the molecule is CC1CCC(C)(C)C2C1CC(C)C2(C)C. The fourth-order valence-corrected chi connectivity index (χ4v) is 4.82. The summed E-state index contributed by atoms with van der Waals surface area (Å²) >= 11 is 0. The second-order valence-corrected chi connectivity index (χ2v) is 7.60. The molecule has 0 aromatic carbocycles. The predicted molar refractivity (Wildman–Crippen MR) is 66.7 cm³/mol. The molecule has 2 aliphatic carbocycles. The second kappa shape index (κ2) is 3.25. The molecule has 0 heterocycles. The zero-order valence-corrected chi connectivity index (χ0v) is 11.4. The Kier molecular flexibility index (Phi) is 2.48. The monoisotopic (exact) mass is 208 g/mol. The lowest BCUT2D eigenvalue weighted by Gasteiger charge is -2.50. The lowest BCUT2D eigenvalue weighted by atomic mass is 9.55. The van der Waals surface area contributed by atoms with E-state index in [0.29, 0.717) is 10.8 Å². The van der Waals surface area contributed by atoms with Crippen LogP contribution in [0.3, 0.4) is 0 Å². The lowest BCUT2D eigenvalue weighted by Crippen LogP contribution is -2.42. The molecular formula is C15H28. The zero-order chi connectivity index (χ0) is 11.4. The van der Waals surface area contributed by atoms with E-state index in [-0.39, 0.29) is 0 Å². The average Bonchev–Trinajstić information content (AvgIpc) is 2.33. The molecule has 2 saturated carbocycles. The highest BCUT2D eigenvalue weighted by Crippen LogP contribution is 2.63. The van der Waals surface area contributed by atoms with Crippen LogP contribution in [0.15, 0.2) is 0 Å². The van der Waals surface area contributed by atoms with Crippen LogP contribution in [0.1, 0.15) is 60.8 Å². The first kappa shape index (κ1) is 11.5. The van der Waals surface area contributed by atoms with E-state index < -0.39 is 0 Å². The Bertz CT molecular complexity index is 249. The molecule has 0 amide bonds. The number of hydrogen-bond donors (Lipinski definition) is 0. The molecule has 2 rings (SSSR count). The van der Waals surface area contributed by atoms with Crippen molar-refractivity contribution in [2.75, 3.05) is 0 Å². The molecule has 2 fully saturated rings. The minimum atomic E-state index is 0.558. The Morgan fingerprint density at radius 2 is 1.60 bits per heavy atom.